The van der Waals surface area contributed by atoms with Crippen molar-refractivity contribution < 1.29 is 18.0 Å². The van der Waals surface area contributed by atoms with Crippen LogP contribution in [0.4, 0.5) is 13.2 Å². The summed E-state index contributed by atoms with van der Waals surface area (Å²) in [6, 6.07) is 0. The lowest BCUT2D eigenvalue weighted by atomic mass is 9.99. The monoisotopic (exact) mass is 296 g/mol. The smallest absolute Gasteiger partial charge is 0.341 e. The van der Waals surface area contributed by atoms with Gasteiger partial charge in [-0.25, -0.2) is 0 Å². The minimum atomic E-state index is -4.74. The van der Waals surface area contributed by atoms with Gasteiger partial charge in [0.2, 0.25) is 0 Å². The summed E-state index contributed by atoms with van der Waals surface area (Å²) in [5, 5.41) is 0. The minimum Gasteiger partial charge on any atom is -0.341 e. The van der Waals surface area contributed by atoms with Crippen molar-refractivity contribution in [2.45, 2.75) is 59.2 Å². The molecule has 0 aromatic heterocycles. The van der Waals surface area contributed by atoms with Crippen molar-refractivity contribution >= 4 is 5.91 Å². The first-order chi connectivity index (χ1) is 8.89. The second-order valence-corrected chi connectivity index (χ2v) is 6.36. The van der Waals surface area contributed by atoms with E-state index in [2.05, 4.69) is 0 Å². The number of alkyl halides is 3. The van der Waals surface area contributed by atoms with Gasteiger partial charge in [0.15, 0.2) is 5.54 Å². The van der Waals surface area contributed by atoms with Gasteiger partial charge in [-0.1, -0.05) is 27.7 Å². The standard InChI is InChI=1S/C14H27F3N2O/c1-10(2)6-8-19(9-7-11(3)4)12(20)13(5,18)14(15,16)17/h10-11H,6-9,18H2,1-5H3. The molecule has 0 heterocycles. The third-order valence-electron chi connectivity index (χ3n) is 3.27. The van der Waals surface area contributed by atoms with Crippen LogP contribution in [-0.4, -0.2) is 35.6 Å². The molecule has 1 atom stereocenters. The molecule has 20 heavy (non-hydrogen) atoms. The van der Waals surface area contributed by atoms with E-state index in [-0.39, 0.29) is 0 Å². The Hall–Kier alpha value is -0.780. The predicted octanol–water partition coefficient (Wildman–Crippen LogP) is 3.19. The van der Waals surface area contributed by atoms with Crippen molar-refractivity contribution in [1.82, 2.24) is 4.90 Å². The topological polar surface area (TPSA) is 46.3 Å². The molecule has 0 bridgehead atoms. The van der Waals surface area contributed by atoms with E-state index in [1.807, 2.05) is 27.7 Å². The maximum absolute atomic E-state index is 12.9. The number of carbonyl (C=O) groups excluding carboxylic acids is 1. The van der Waals surface area contributed by atoms with Crippen LogP contribution in [0.25, 0.3) is 0 Å². The maximum atomic E-state index is 12.9. The zero-order chi connectivity index (χ0) is 16.1. The lowest BCUT2D eigenvalue weighted by Gasteiger charge is -2.33. The fourth-order valence-corrected chi connectivity index (χ4v) is 1.59. The quantitative estimate of drug-likeness (QED) is 0.784. The summed E-state index contributed by atoms with van der Waals surface area (Å²) >= 11 is 0. The van der Waals surface area contributed by atoms with Gasteiger partial charge in [-0.15, -0.1) is 0 Å². The van der Waals surface area contributed by atoms with Crippen LogP contribution in [0.1, 0.15) is 47.5 Å². The lowest BCUT2D eigenvalue weighted by Crippen LogP contribution is -2.62. The van der Waals surface area contributed by atoms with Crippen LogP contribution in [-0.2, 0) is 4.79 Å². The Morgan fingerprint density at radius 3 is 1.65 bits per heavy atom. The van der Waals surface area contributed by atoms with Gasteiger partial charge in [0.1, 0.15) is 0 Å². The highest BCUT2D eigenvalue weighted by atomic mass is 19.4. The number of carbonyl (C=O) groups is 1. The fraction of sp³-hybridized carbons (Fsp3) is 0.929. The molecule has 0 rings (SSSR count). The molecule has 0 aliphatic carbocycles. The van der Waals surface area contributed by atoms with Crippen molar-refractivity contribution in [3.63, 3.8) is 0 Å². The van der Waals surface area contributed by atoms with E-state index in [0.717, 1.165) is 6.92 Å². The van der Waals surface area contributed by atoms with E-state index in [1.54, 1.807) is 0 Å². The van der Waals surface area contributed by atoms with E-state index >= 15 is 0 Å². The van der Waals surface area contributed by atoms with Gasteiger partial charge >= 0.3 is 6.18 Å². The molecule has 0 aliphatic rings. The second-order valence-electron chi connectivity index (χ2n) is 6.36. The molecule has 0 radical (unpaired) electrons. The van der Waals surface area contributed by atoms with Crippen molar-refractivity contribution in [1.29, 1.82) is 0 Å². The third kappa shape index (κ3) is 5.69. The summed E-state index contributed by atoms with van der Waals surface area (Å²) in [5.74, 6) is -0.398. The molecular formula is C14H27F3N2O. The van der Waals surface area contributed by atoms with Gasteiger partial charge in [-0.2, -0.15) is 13.2 Å². The zero-order valence-corrected chi connectivity index (χ0v) is 13.0. The van der Waals surface area contributed by atoms with Gasteiger partial charge in [0, 0.05) is 13.1 Å². The number of rotatable bonds is 7. The van der Waals surface area contributed by atoms with Gasteiger partial charge in [-0.05, 0) is 31.6 Å². The number of halogens is 3. The Morgan fingerprint density at radius 1 is 1.05 bits per heavy atom. The van der Waals surface area contributed by atoms with E-state index in [0.29, 0.717) is 37.8 Å². The molecule has 0 fully saturated rings. The largest absolute Gasteiger partial charge is 0.415 e. The second kappa shape index (κ2) is 7.29. The molecule has 120 valence electrons. The van der Waals surface area contributed by atoms with Crippen molar-refractivity contribution in [3.05, 3.63) is 0 Å². The first-order valence-corrected chi connectivity index (χ1v) is 7.04. The van der Waals surface area contributed by atoms with Crippen molar-refractivity contribution in [2.24, 2.45) is 17.6 Å². The number of hydrogen-bond donors (Lipinski definition) is 1. The summed E-state index contributed by atoms with van der Waals surface area (Å²) in [6.07, 6.45) is -3.41. The van der Waals surface area contributed by atoms with Crippen LogP contribution in [0.5, 0.6) is 0 Å². The van der Waals surface area contributed by atoms with Crippen LogP contribution < -0.4 is 5.73 Å². The normalized spacial score (nSPS) is 15.6. The first-order valence-electron chi connectivity index (χ1n) is 7.04. The van der Waals surface area contributed by atoms with Crippen molar-refractivity contribution in [3.8, 4) is 0 Å². The molecule has 0 aromatic carbocycles. The highest BCUT2D eigenvalue weighted by Crippen LogP contribution is 2.30. The molecule has 0 spiro atoms. The van der Waals surface area contributed by atoms with Gasteiger partial charge in [0.25, 0.3) is 5.91 Å². The Bertz CT molecular complexity index is 300. The van der Waals surface area contributed by atoms with Crippen LogP contribution >= 0.6 is 0 Å². The molecule has 6 heteroatoms. The number of nitrogens with zero attached hydrogens (tertiary/aromatic N) is 1. The van der Waals surface area contributed by atoms with E-state index < -0.39 is 17.6 Å². The van der Waals surface area contributed by atoms with Crippen molar-refractivity contribution in [2.75, 3.05) is 13.1 Å². The predicted molar refractivity (Wildman–Crippen MR) is 74.1 cm³/mol. The summed E-state index contributed by atoms with van der Waals surface area (Å²) in [4.78, 5) is 13.4. The van der Waals surface area contributed by atoms with E-state index in [9.17, 15) is 18.0 Å². The molecule has 0 aromatic rings. The Labute approximate surface area is 119 Å². The van der Waals surface area contributed by atoms with E-state index in [4.69, 9.17) is 5.73 Å². The summed E-state index contributed by atoms with van der Waals surface area (Å²) in [5.41, 5.74) is 2.42. The van der Waals surface area contributed by atoms with Gasteiger partial charge < -0.3 is 10.6 Å². The van der Waals surface area contributed by atoms with Gasteiger partial charge in [0.05, 0.1) is 0 Å². The maximum Gasteiger partial charge on any atom is 0.415 e. The van der Waals surface area contributed by atoms with Crippen LogP contribution in [0.3, 0.4) is 0 Å². The summed E-state index contributed by atoms with van der Waals surface area (Å²) in [6.45, 7) is 9.24. The molecular weight excluding hydrogens is 269 g/mol. The zero-order valence-electron chi connectivity index (χ0n) is 13.0. The Balaban J connectivity index is 4.95. The Kier molecular flexibility index (Phi) is 7.01. The first kappa shape index (κ1) is 19.2. The molecule has 0 aliphatic heterocycles. The average Bonchev–Trinajstić information content (AvgIpc) is 2.26. The van der Waals surface area contributed by atoms with Crippen LogP contribution in [0.2, 0.25) is 0 Å². The molecule has 0 saturated carbocycles. The number of amides is 1. The lowest BCUT2D eigenvalue weighted by molar-refractivity contribution is -0.193. The average molecular weight is 296 g/mol. The third-order valence-corrected chi connectivity index (χ3v) is 3.27. The van der Waals surface area contributed by atoms with E-state index in [1.165, 1.54) is 4.90 Å². The minimum absolute atomic E-state index is 0.312. The van der Waals surface area contributed by atoms with Gasteiger partial charge in [-0.3, -0.25) is 4.79 Å². The summed E-state index contributed by atoms with van der Waals surface area (Å²) < 4.78 is 38.6. The molecule has 1 unspecified atom stereocenters. The SMILES string of the molecule is CC(C)CCN(CCC(C)C)C(=O)C(C)(N)C(F)(F)F. The summed E-state index contributed by atoms with van der Waals surface area (Å²) in [7, 11) is 0. The fourth-order valence-electron chi connectivity index (χ4n) is 1.59. The molecule has 1 amide bonds. The van der Waals surface area contributed by atoms with Crippen LogP contribution in [0.15, 0.2) is 0 Å². The number of hydrogen-bond acceptors (Lipinski definition) is 2. The molecule has 3 nitrogen and oxygen atoms in total. The number of nitrogens with two attached hydrogens (primary N) is 1. The Morgan fingerprint density at radius 2 is 1.40 bits per heavy atom. The highest BCUT2D eigenvalue weighted by molar-refractivity contribution is 5.86. The highest BCUT2D eigenvalue weighted by Gasteiger charge is 2.55. The molecule has 2 N–H and O–H groups in total. The molecule has 0 saturated heterocycles. The van der Waals surface area contributed by atoms with Crippen LogP contribution in [0, 0.1) is 11.8 Å².